The van der Waals surface area contributed by atoms with Crippen LogP contribution >= 0.6 is 0 Å². The Morgan fingerprint density at radius 2 is 1.88 bits per heavy atom. The maximum absolute atomic E-state index is 13.2. The van der Waals surface area contributed by atoms with Gasteiger partial charge in [-0.2, -0.15) is 0 Å². The van der Waals surface area contributed by atoms with Crippen LogP contribution in [0.1, 0.15) is 18.4 Å². The van der Waals surface area contributed by atoms with Gasteiger partial charge in [-0.15, -0.1) is 0 Å². The molecular formula is C21H24N2O3. The summed E-state index contributed by atoms with van der Waals surface area (Å²) in [5.41, 5.74) is 3.00. The van der Waals surface area contributed by atoms with Gasteiger partial charge in [0.2, 0.25) is 5.91 Å². The molecule has 1 N–H and O–H groups in total. The molecule has 136 valence electrons. The van der Waals surface area contributed by atoms with Crippen LogP contribution < -0.4 is 0 Å². The van der Waals surface area contributed by atoms with Crippen LogP contribution in [0.15, 0.2) is 48.8 Å². The molecular weight excluding hydrogens is 328 g/mol. The first-order valence-corrected chi connectivity index (χ1v) is 9.21. The van der Waals surface area contributed by atoms with Gasteiger partial charge >= 0.3 is 0 Å². The average Bonchev–Trinajstić information content (AvgIpc) is 2.66. The lowest BCUT2D eigenvalue weighted by molar-refractivity contribution is -0.158. The third-order valence-corrected chi connectivity index (χ3v) is 5.54. The van der Waals surface area contributed by atoms with Crippen molar-refractivity contribution >= 4 is 5.91 Å². The van der Waals surface area contributed by atoms with Gasteiger partial charge in [0.1, 0.15) is 0 Å². The fourth-order valence-electron chi connectivity index (χ4n) is 3.98. The minimum Gasteiger partial charge on any atom is -0.389 e. The van der Waals surface area contributed by atoms with Crippen molar-refractivity contribution in [3.05, 3.63) is 54.4 Å². The van der Waals surface area contributed by atoms with E-state index in [1.807, 2.05) is 12.1 Å². The largest absolute Gasteiger partial charge is 0.389 e. The molecule has 0 aliphatic carbocycles. The SMILES string of the molecule is O=C(N1CC(O)C1)C1(Cc2cccc(-c3ccncc3)c2)CCOCC1. The van der Waals surface area contributed by atoms with E-state index in [4.69, 9.17) is 4.74 Å². The molecule has 1 amide bonds. The van der Waals surface area contributed by atoms with E-state index < -0.39 is 5.41 Å². The number of nitrogens with zero attached hydrogens (tertiary/aromatic N) is 2. The lowest BCUT2D eigenvalue weighted by atomic mass is 9.73. The number of benzene rings is 1. The molecule has 3 heterocycles. The highest BCUT2D eigenvalue weighted by atomic mass is 16.5. The molecule has 0 atom stereocenters. The van der Waals surface area contributed by atoms with Crippen molar-refractivity contribution in [3.63, 3.8) is 0 Å². The first-order valence-electron chi connectivity index (χ1n) is 9.21. The molecule has 2 saturated heterocycles. The molecule has 26 heavy (non-hydrogen) atoms. The zero-order valence-corrected chi connectivity index (χ0v) is 14.8. The van der Waals surface area contributed by atoms with E-state index in [0.717, 1.165) is 29.5 Å². The zero-order chi connectivity index (χ0) is 18.0. The monoisotopic (exact) mass is 352 g/mol. The number of aliphatic hydroxyl groups is 1. The Labute approximate surface area is 153 Å². The molecule has 5 heteroatoms. The molecule has 0 saturated carbocycles. The van der Waals surface area contributed by atoms with Gasteiger partial charge in [-0.25, -0.2) is 0 Å². The Morgan fingerprint density at radius 1 is 1.15 bits per heavy atom. The Hall–Kier alpha value is -2.24. The molecule has 0 bridgehead atoms. The predicted octanol–water partition coefficient (Wildman–Crippen LogP) is 2.29. The topological polar surface area (TPSA) is 62.7 Å². The van der Waals surface area contributed by atoms with E-state index in [1.54, 1.807) is 17.3 Å². The summed E-state index contributed by atoms with van der Waals surface area (Å²) in [5.74, 6) is 0.167. The quantitative estimate of drug-likeness (QED) is 0.917. The number of likely N-dealkylation sites (tertiary alicyclic amines) is 1. The van der Waals surface area contributed by atoms with Crippen LogP contribution in [-0.2, 0) is 16.0 Å². The summed E-state index contributed by atoms with van der Waals surface area (Å²) in [4.78, 5) is 19.0. The summed E-state index contributed by atoms with van der Waals surface area (Å²) in [6.45, 7) is 2.15. The lowest BCUT2D eigenvalue weighted by Crippen LogP contribution is -2.59. The number of pyridine rings is 1. The number of ether oxygens (including phenoxy) is 1. The third kappa shape index (κ3) is 3.37. The van der Waals surface area contributed by atoms with Gasteiger partial charge in [-0.05, 0) is 48.1 Å². The number of β-amino-alcohol motifs (C(OH)–C–C–N with tert-alkyl or cyclic N) is 1. The number of carbonyl (C=O) groups excluding carboxylic acids is 1. The van der Waals surface area contributed by atoms with Crippen molar-refractivity contribution in [2.75, 3.05) is 26.3 Å². The van der Waals surface area contributed by atoms with E-state index in [-0.39, 0.29) is 12.0 Å². The van der Waals surface area contributed by atoms with Crippen molar-refractivity contribution < 1.29 is 14.6 Å². The summed E-state index contributed by atoms with van der Waals surface area (Å²) in [6, 6.07) is 12.4. The van der Waals surface area contributed by atoms with Gasteiger partial charge in [0, 0.05) is 38.7 Å². The first kappa shape index (κ1) is 17.2. The minimum atomic E-state index is -0.421. The summed E-state index contributed by atoms with van der Waals surface area (Å²) in [5, 5.41) is 9.58. The van der Waals surface area contributed by atoms with Gasteiger partial charge in [-0.3, -0.25) is 9.78 Å². The van der Waals surface area contributed by atoms with Crippen LogP contribution in [0.25, 0.3) is 11.1 Å². The Morgan fingerprint density at radius 3 is 2.58 bits per heavy atom. The normalized spacial score (nSPS) is 19.8. The van der Waals surface area contributed by atoms with E-state index in [0.29, 0.717) is 32.7 Å². The first-order chi connectivity index (χ1) is 12.7. The summed E-state index contributed by atoms with van der Waals surface area (Å²) in [6.07, 6.45) is 5.39. The van der Waals surface area contributed by atoms with Crippen molar-refractivity contribution in [3.8, 4) is 11.1 Å². The highest BCUT2D eigenvalue weighted by molar-refractivity contribution is 5.84. The standard InChI is InChI=1S/C21H24N2O3/c24-19-14-23(15-19)20(25)21(6-10-26-11-7-21)13-16-2-1-3-18(12-16)17-4-8-22-9-5-17/h1-5,8-9,12,19,24H,6-7,10-11,13-15H2. The van der Waals surface area contributed by atoms with Crippen LogP contribution in [0, 0.1) is 5.41 Å². The second-order valence-electron chi connectivity index (χ2n) is 7.37. The molecule has 0 unspecified atom stereocenters. The summed E-state index contributed by atoms with van der Waals surface area (Å²) in [7, 11) is 0. The molecule has 2 fully saturated rings. The third-order valence-electron chi connectivity index (χ3n) is 5.54. The Kier molecular flexibility index (Phi) is 4.74. The lowest BCUT2D eigenvalue weighted by Gasteiger charge is -2.45. The Bertz CT molecular complexity index is 766. The minimum absolute atomic E-state index is 0.167. The number of rotatable bonds is 4. The van der Waals surface area contributed by atoms with Crippen molar-refractivity contribution in [2.24, 2.45) is 5.41 Å². The van der Waals surface area contributed by atoms with Crippen LogP contribution in [-0.4, -0.2) is 53.3 Å². The molecule has 4 rings (SSSR count). The summed E-state index contributed by atoms with van der Waals surface area (Å²) >= 11 is 0. The van der Waals surface area contributed by atoms with Gasteiger partial charge in [0.15, 0.2) is 0 Å². The van der Waals surface area contributed by atoms with Crippen molar-refractivity contribution in [1.82, 2.24) is 9.88 Å². The second kappa shape index (κ2) is 7.17. The number of carbonyl (C=O) groups is 1. The predicted molar refractivity (Wildman–Crippen MR) is 98.4 cm³/mol. The van der Waals surface area contributed by atoms with Crippen LogP contribution in [0.2, 0.25) is 0 Å². The number of amides is 1. The Balaban J connectivity index is 1.59. The molecule has 1 aromatic carbocycles. The summed E-state index contributed by atoms with van der Waals surface area (Å²) < 4.78 is 5.53. The molecule has 5 nitrogen and oxygen atoms in total. The molecule has 0 spiro atoms. The van der Waals surface area contributed by atoms with E-state index in [2.05, 4.69) is 29.2 Å². The maximum atomic E-state index is 13.2. The van der Waals surface area contributed by atoms with Gasteiger partial charge in [-0.1, -0.05) is 24.3 Å². The van der Waals surface area contributed by atoms with E-state index >= 15 is 0 Å². The average molecular weight is 352 g/mol. The highest BCUT2D eigenvalue weighted by Gasteiger charge is 2.45. The van der Waals surface area contributed by atoms with Gasteiger partial charge in [0.25, 0.3) is 0 Å². The van der Waals surface area contributed by atoms with Crippen LogP contribution in [0.5, 0.6) is 0 Å². The molecule has 1 aromatic heterocycles. The fraction of sp³-hybridized carbons (Fsp3) is 0.429. The van der Waals surface area contributed by atoms with E-state index in [1.165, 1.54) is 0 Å². The van der Waals surface area contributed by atoms with Crippen molar-refractivity contribution in [2.45, 2.75) is 25.4 Å². The van der Waals surface area contributed by atoms with Crippen LogP contribution in [0.3, 0.4) is 0 Å². The number of hydrogen-bond donors (Lipinski definition) is 1. The smallest absolute Gasteiger partial charge is 0.229 e. The molecule has 2 aliphatic rings. The number of aromatic nitrogens is 1. The fourth-order valence-corrected chi connectivity index (χ4v) is 3.98. The number of aliphatic hydroxyl groups excluding tert-OH is 1. The maximum Gasteiger partial charge on any atom is 0.229 e. The molecule has 2 aliphatic heterocycles. The van der Waals surface area contributed by atoms with Crippen molar-refractivity contribution in [1.29, 1.82) is 0 Å². The number of hydrogen-bond acceptors (Lipinski definition) is 4. The zero-order valence-electron chi connectivity index (χ0n) is 14.8. The van der Waals surface area contributed by atoms with Crippen LogP contribution in [0.4, 0.5) is 0 Å². The molecule has 0 radical (unpaired) electrons. The highest BCUT2D eigenvalue weighted by Crippen LogP contribution is 2.38. The van der Waals surface area contributed by atoms with Gasteiger partial charge in [0.05, 0.1) is 11.5 Å². The second-order valence-corrected chi connectivity index (χ2v) is 7.37. The molecule has 2 aromatic rings. The van der Waals surface area contributed by atoms with E-state index in [9.17, 15) is 9.90 Å². The van der Waals surface area contributed by atoms with Gasteiger partial charge < -0.3 is 14.7 Å².